The molecule has 0 fully saturated rings. The molecule has 4 nitrogen and oxygen atoms in total. The number of esters is 1. The van der Waals surface area contributed by atoms with Crippen molar-refractivity contribution in [2.24, 2.45) is 0 Å². The molecule has 1 heterocycles. The van der Waals surface area contributed by atoms with Crippen molar-refractivity contribution in [2.75, 3.05) is 0 Å². The molecule has 0 saturated carbocycles. The Kier molecular flexibility index (Phi) is 5.56. The van der Waals surface area contributed by atoms with Gasteiger partial charge < -0.3 is 9.15 Å². The summed E-state index contributed by atoms with van der Waals surface area (Å²) in [6.45, 7) is 1.93. The minimum absolute atomic E-state index is 0.0963. The number of aryl methyl sites for hydroxylation is 1. The Morgan fingerprint density at radius 1 is 0.900 bits per heavy atom. The highest BCUT2D eigenvalue weighted by atomic mass is 35.5. The molecule has 30 heavy (non-hydrogen) atoms. The quantitative estimate of drug-likeness (QED) is 0.311. The molecule has 0 aliphatic rings. The first kappa shape index (κ1) is 20.5. The number of carbonyl (C=O) groups excluding carboxylic acids is 1. The second-order valence-electron chi connectivity index (χ2n) is 6.62. The number of ether oxygens (including phenoxy) is 1. The third-order valence-electron chi connectivity index (χ3n) is 4.46. The predicted molar refractivity (Wildman–Crippen MR) is 119 cm³/mol. The van der Waals surface area contributed by atoms with Gasteiger partial charge >= 0.3 is 5.97 Å². The largest absolute Gasteiger partial charge is 0.450 e. The van der Waals surface area contributed by atoms with E-state index in [1.165, 1.54) is 24.3 Å². The zero-order chi connectivity index (χ0) is 21.4. The van der Waals surface area contributed by atoms with E-state index in [0.717, 1.165) is 5.56 Å². The van der Waals surface area contributed by atoms with Crippen LogP contribution in [0.3, 0.4) is 0 Å². The summed E-state index contributed by atoms with van der Waals surface area (Å²) < 4.78 is 11.5. The molecule has 0 unspecified atom stereocenters. The van der Waals surface area contributed by atoms with Crippen LogP contribution in [0.2, 0.25) is 15.1 Å². The van der Waals surface area contributed by atoms with Crippen LogP contribution in [-0.2, 0) is 0 Å². The Morgan fingerprint density at radius 3 is 2.23 bits per heavy atom. The third-order valence-corrected chi connectivity index (χ3v) is 5.21. The van der Waals surface area contributed by atoms with Crippen LogP contribution in [0.25, 0.3) is 22.3 Å². The van der Waals surface area contributed by atoms with Crippen LogP contribution in [0.1, 0.15) is 15.9 Å². The van der Waals surface area contributed by atoms with Crippen molar-refractivity contribution < 1.29 is 13.9 Å². The van der Waals surface area contributed by atoms with Gasteiger partial charge in [0.25, 0.3) is 0 Å². The summed E-state index contributed by atoms with van der Waals surface area (Å²) in [5.74, 6) is -0.872. The monoisotopic (exact) mass is 458 g/mol. The summed E-state index contributed by atoms with van der Waals surface area (Å²) in [6.07, 6.45) is 0. The van der Waals surface area contributed by atoms with E-state index in [-0.39, 0.29) is 38.1 Å². The first-order valence-electron chi connectivity index (χ1n) is 8.84. The minimum atomic E-state index is -0.722. The van der Waals surface area contributed by atoms with Gasteiger partial charge in [0.1, 0.15) is 0 Å². The molecule has 0 N–H and O–H groups in total. The Balaban J connectivity index is 1.93. The fourth-order valence-corrected chi connectivity index (χ4v) is 3.59. The lowest BCUT2D eigenvalue weighted by Gasteiger charge is -2.12. The number of halogens is 3. The maximum atomic E-state index is 13.2. The predicted octanol–water partition coefficient (Wildman–Crippen LogP) is 6.95. The van der Waals surface area contributed by atoms with Gasteiger partial charge in [0.15, 0.2) is 11.3 Å². The Hall–Kier alpha value is -2.79. The standard InChI is InChI=1S/C23H13Cl3O4/c1-12-2-4-13(5-3-12)20-22(30-23(28)14-6-8-15(24)9-7-14)19(27)17-10-16(25)11-18(26)21(17)29-20/h2-11H,1H3. The highest BCUT2D eigenvalue weighted by molar-refractivity contribution is 6.38. The van der Waals surface area contributed by atoms with Crippen molar-refractivity contribution in [1.82, 2.24) is 0 Å². The van der Waals surface area contributed by atoms with Gasteiger partial charge in [-0.15, -0.1) is 0 Å². The van der Waals surface area contributed by atoms with Crippen molar-refractivity contribution >= 4 is 51.7 Å². The molecule has 150 valence electrons. The van der Waals surface area contributed by atoms with Crippen LogP contribution < -0.4 is 10.2 Å². The van der Waals surface area contributed by atoms with Gasteiger partial charge in [-0.3, -0.25) is 4.79 Å². The van der Waals surface area contributed by atoms with E-state index in [4.69, 9.17) is 44.0 Å². The fourth-order valence-electron chi connectivity index (χ4n) is 2.93. The first-order valence-corrected chi connectivity index (χ1v) is 9.97. The molecule has 0 spiro atoms. The Labute approximate surface area is 186 Å². The average Bonchev–Trinajstić information content (AvgIpc) is 2.71. The number of carbonyl (C=O) groups is 1. The summed E-state index contributed by atoms with van der Waals surface area (Å²) >= 11 is 18.2. The molecule has 0 saturated heterocycles. The normalized spacial score (nSPS) is 10.9. The molecule has 3 aromatic carbocycles. The summed E-state index contributed by atoms with van der Waals surface area (Å²) in [4.78, 5) is 25.9. The molecule has 7 heteroatoms. The summed E-state index contributed by atoms with van der Waals surface area (Å²) in [5.41, 5.74) is 1.42. The van der Waals surface area contributed by atoms with E-state index in [0.29, 0.717) is 10.6 Å². The van der Waals surface area contributed by atoms with Crippen LogP contribution in [-0.4, -0.2) is 5.97 Å². The van der Waals surface area contributed by atoms with E-state index in [9.17, 15) is 9.59 Å². The minimum Gasteiger partial charge on any atom is -0.450 e. The molecule has 0 radical (unpaired) electrons. The molecular formula is C23H13Cl3O4. The second-order valence-corrected chi connectivity index (χ2v) is 7.90. The van der Waals surface area contributed by atoms with Crippen molar-refractivity contribution in [3.8, 4) is 17.1 Å². The number of hydrogen-bond donors (Lipinski definition) is 0. The average molecular weight is 460 g/mol. The zero-order valence-electron chi connectivity index (χ0n) is 15.5. The topological polar surface area (TPSA) is 56.5 Å². The van der Waals surface area contributed by atoms with Gasteiger partial charge in [-0.1, -0.05) is 64.6 Å². The fraction of sp³-hybridized carbons (Fsp3) is 0.0435. The molecule has 0 bridgehead atoms. The van der Waals surface area contributed by atoms with E-state index in [2.05, 4.69) is 0 Å². The van der Waals surface area contributed by atoms with Gasteiger partial charge in [-0.05, 0) is 43.3 Å². The molecule has 4 aromatic rings. The molecule has 1 aromatic heterocycles. The number of benzene rings is 3. The maximum Gasteiger partial charge on any atom is 0.343 e. The highest BCUT2D eigenvalue weighted by Crippen LogP contribution is 2.35. The van der Waals surface area contributed by atoms with Gasteiger partial charge in [-0.2, -0.15) is 0 Å². The number of fused-ring (bicyclic) bond motifs is 1. The van der Waals surface area contributed by atoms with Gasteiger partial charge in [0, 0.05) is 15.6 Å². The highest BCUT2D eigenvalue weighted by Gasteiger charge is 2.23. The Morgan fingerprint density at radius 2 is 1.57 bits per heavy atom. The lowest BCUT2D eigenvalue weighted by atomic mass is 10.1. The van der Waals surface area contributed by atoms with E-state index >= 15 is 0 Å². The van der Waals surface area contributed by atoms with E-state index in [1.807, 2.05) is 19.1 Å². The van der Waals surface area contributed by atoms with Crippen LogP contribution in [0.4, 0.5) is 0 Å². The molecule has 0 aliphatic heterocycles. The smallest absolute Gasteiger partial charge is 0.343 e. The summed E-state index contributed by atoms with van der Waals surface area (Å²) in [5, 5.41) is 1.03. The van der Waals surface area contributed by atoms with Gasteiger partial charge in [0.05, 0.1) is 16.0 Å². The van der Waals surface area contributed by atoms with E-state index < -0.39 is 11.4 Å². The van der Waals surface area contributed by atoms with Gasteiger partial charge in [0.2, 0.25) is 11.2 Å². The van der Waals surface area contributed by atoms with Crippen LogP contribution in [0, 0.1) is 6.92 Å². The number of rotatable bonds is 3. The molecule has 4 rings (SSSR count). The maximum absolute atomic E-state index is 13.2. The van der Waals surface area contributed by atoms with Crippen molar-refractivity contribution in [1.29, 1.82) is 0 Å². The molecule has 0 atom stereocenters. The third kappa shape index (κ3) is 3.94. The lowest BCUT2D eigenvalue weighted by molar-refractivity contribution is 0.0731. The van der Waals surface area contributed by atoms with Crippen molar-refractivity contribution in [3.05, 3.63) is 97.1 Å². The SMILES string of the molecule is Cc1ccc(-c2oc3c(Cl)cc(Cl)cc3c(=O)c2OC(=O)c2ccc(Cl)cc2)cc1. The lowest BCUT2D eigenvalue weighted by Crippen LogP contribution is -2.16. The Bertz CT molecular complexity index is 1320. The first-order chi connectivity index (χ1) is 14.3. The number of hydrogen-bond acceptors (Lipinski definition) is 4. The summed E-state index contributed by atoms with van der Waals surface area (Å²) in [6, 6.07) is 16.3. The summed E-state index contributed by atoms with van der Waals surface area (Å²) in [7, 11) is 0. The van der Waals surface area contributed by atoms with Crippen LogP contribution in [0.5, 0.6) is 5.75 Å². The van der Waals surface area contributed by atoms with Crippen molar-refractivity contribution in [3.63, 3.8) is 0 Å². The van der Waals surface area contributed by atoms with Crippen molar-refractivity contribution in [2.45, 2.75) is 6.92 Å². The molecule has 0 amide bonds. The zero-order valence-corrected chi connectivity index (χ0v) is 17.8. The van der Waals surface area contributed by atoms with Crippen LogP contribution in [0.15, 0.2) is 69.9 Å². The van der Waals surface area contributed by atoms with E-state index in [1.54, 1.807) is 24.3 Å². The molecular weight excluding hydrogens is 447 g/mol. The molecule has 0 aliphatic carbocycles. The second kappa shape index (κ2) is 8.15. The van der Waals surface area contributed by atoms with Crippen LogP contribution >= 0.6 is 34.8 Å². The van der Waals surface area contributed by atoms with Gasteiger partial charge in [-0.25, -0.2) is 4.79 Å².